The van der Waals surface area contributed by atoms with Crippen LogP contribution in [0.4, 0.5) is 10.1 Å². The molecule has 0 saturated carbocycles. The molecule has 1 aromatic carbocycles. The highest BCUT2D eigenvalue weighted by Crippen LogP contribution is 2.29. The number of hydrogen-bond acceptors (Lipinski definition) is 2. The zero-order chi connectivity index (χ0) is 13.9. The lowest BCUT2D eigenvalue weighted by atomic mass is 10.0. The highest BCUT2D eigenvalue weighted by molar-refractivity contribution is 5.55. The van der Waals surface area contributed by atoms with Crippen LogP contribution in [0.25, 0.3) is 0 Å². The third kappa shape index (κ3) is 3.45. The maximum atomic E-state index is 13.9. The fourth-order valence-electron chi connectivity index (χ4n) is 2.36. The Morgan fingerprint density at radius 2 is 1.83 bits per heavy atom. The van der Waals surface area contributed by atoms with Gasteiger partial charge in [-0.2, -0.15) is 0 Å². The van der Waals surface area contributed by atoms with E-state index >= 15 is 0 Å². The molecule has 0 bridgehead atoms. The highest BCUT2D eigenvalue weighted by Gasteiger charge is 2.19. The van der Waals surface area contributed by atoms with Crippen molar-refractivity contribution in [3.8, 4) is 0 Å². The normalized spacial score (nSPS) is 14.7. The van der Waals surface area contributed by atoms with Crippen LogP contribution in [0.5, 0.6) is 0 Å². The molecule has 0 spiro atoms. The Kier molecular flexibility index (Phi) is 5.15. The van der Waals surface area contributed by atoms with E-state index in [9.17, 15) is 4.39 Å². The van der Waals surface area contributed by atoms with Gasteiger partial charge in [0.1, 0.15) is 5.82 Å². The van der Waals surface area contributed by atoms with E-state index in [4.69, 9.17) is 5.73 Å². The predicted molar refractivity (Wildman–Crippen MR) is 76.3 cm³/mol. The first kappa shape index (κ1) is 15.0. The smallest absolute Gasteiger partial charge is 0.130 e. The van der Waals surface area contributed by atoms with Gasteiger partial charge in [-0.05, 0) is 38.3 Å². The van der Waals surface area contributed by atoms with Crippen LogP contribution in [-0.4, -0.2) is 13.1 Å². The first-order valence-corrected chi connectivity index (χ1v) is 6.61. The summed E-state index contributed by atoms with van der Waals surface area (Å²) in [5.74, 6) is 0.404. The minimum Gasteiger partial charge on any atom is -0.372 e. The monoisotopic (exact) mass is 252 g/mol. The Morgan fingerprint density at radius 3 is 2.33 bits per heavy atom. The summed E-state index contributed by atoms with van der Waals surface area (Å²) in [5, 5.41) is 0. The van der Waals surface area contributed by atoms with Crippen LogP contribution in [0, 0.1) is 11.7 Å². The van der Waals surface area contributed by atoms with Gasteiger partial charge < -0.3 is 10.6 Å². The molecular weight excluding hydrogens is 227 g/mol. The molecule has 0 heterocycles. The summed E-state index contributed by atoms with van der Waals surface area (Å²) < 4.78 is 13.9. The SMILES string of the molecule is CC(C)CC(C)N(C)c1cccc(F)c1[C@H](C)N. The van der Waals surface area contributed by atoms with Crippen molar-refractivity contribution in [1.82, 2.24) is 0 Å². The largest absolute Gasteiger partial charge is 0.372 e. The lowest BCUT2D eigenvalue weighted by Gasteiger charge is -2.31. The Labute approximate surface area is 110 Å². The molecule has 0 saturated heterocycles. The van der Waals surface area contributed by atoms with Crippen LogP contribution in [0.3, 0.4) is 0 Å². The van der Waals surface area contributed by atoms with Crippen molar-refractivity contribution in [3.63, 3.8) is 0 Å². The minimum atomic E-state index is -0.296. The second kappa shape index (κ2) is 6.19. The van der Waals surface area contributed by atoms with Gasteiger partial charge in [0.2, 0.25) is 0 Å². The summed E-state index contributed by atoms with van der Waals surface area (Å²) >= 11 is 0. The summed E-state index contributed by atoms with van der Waals surface area (Å²) in [7, 11) is 2.01. The Morgan fingerprint density at radius 1 is 1.22 bits per heavy atom. The summed E-state index contributed by atoms with van der Waals surface area (Å²) in [6.07, 6.45) is 1.07. The molecule has 1 unspecified atom stereocenters. The maximum Gasteiger partial charge on any atom is 0.130 e. The molecule has 0 radical (unpaired) electrons. The van der Waals surface area contributed by atoms with Gasteiger partial charge in [-0.3, -0.25) is 0 Å². The Balaban J connectivity index is 3.05. The van der Waals surface area contributed by atoms with Crippen molar-refractivity contribution in [2.75, 3.05) is 11.9 Å². The third-order valence-corrected chi connectivity index (χ3v) is 3.34. The molecular formula is C15H25FN2. The zero-order valence-electron chi connectivity index (χ0n) is 12.1. The molecule has 0 aliphatic carbocycles. The molecule has 0 fully saturated rings. The molecule has 3 heteroatoms. The molecule has 2 N–H and O–H groups in total. The van der Waals surface area contributed by atoms with Crippen molar-refractivity contribution in [2.45, 2.75) is 46.2 Å². The van der Waals surface area contributed by atoms with Crippen LogP contribution in [0.2, 0.25) is 0 Å². The van der Waals surface area contributed by atoms with Crippen molar-refractivity contribution < 1.29 is 4.39 Å². The van der Waals surface area contributed by atoms with E-state index in [1.807, 2.05) is 20.0 Å². The first-order valence-electron chi connectivity index (χ1n) is 6.61. The summed E-state index contributed by atoms with van der Waals surface area (Å²) in [4.78, 5) is 2.13. The minimum absolute atomic E-state index is 0.217. The van der Waals surface area contributed by atoms with Crippen LogP contribution in [0.15, 0.2) is 18.2 Å². The summed E-state index contributed by atoms with van der Waals surface area (Å²) in [5.41, 5.74) is 7.40. The van der Waals surface area contributed by atoms with Gasteiger partial charge in [-0.1, -0.05) is 19.9 Å². The predicted octanol–water partition coefficient (Wildman–Crippen LogP) is 3.72. The van der Waals surface area contributed by atoms with Gasteiger partial charge in [-0.25, -0.2) is 4.39 Å². The van der Waals surface area contributed by atoms with Crippen LogP contribution < -0.4 is 10.6 Å². The number of nitrogens with two attached hydrogens (primary N) is 1. The molecule has 18 heavy (non-hydrogen) atoms. The van der Waals surface area contributed by atoms with E-state index < -0.39 is 0 Å². The summed E-state index contributed by atoms with van der Waals surface area (Å²) in [6, 6.07) is 5.23. The van der Waals surface area contributed by atoms with E-state index in [-0.39, 0.29) is 11.9 Å². The summed E-state index contributed by atoms with van der Waals surface area (Å²) in [6.45, 7) is 8.38. The van der Waals surface area contributed by atoms with E-state index in [2.05, 4.69) is 25.7 Å². The van der Waals surface area contributed by atoms with Crippen molar-refractivity contribution >= 4 is 5.69 Å². The van der Waals surface area contributed by atoms with E-state index in [1.54, 1.807) is 6.07 Å². The van der Waals surface area contributed by atoms with Gasteiger partial charge in [0.25, 0.3) is 0 Å². The zero-order valence-corrected chi connectivity index (χ0v) is 12.1. The average molecular weight is 252 g/mol. The molecule has 0 amide bonds. The van der Waals surface area contributed by atoms with Gasteiger partial charge in [0, 0.05) is 30.4 Å². The number of hydrogen-bond donors (Lipinski definition) is 1. The fourth-order valence-corrected chi connectivity index (χ4v) is 2.36. The van der Waals surface area contributed by atoms with Crippen LogP contribution in [0.1, 0.15) is 45.7 Å². The van der Waals surface area contributed by atoms with Crippen molar-refractivity contribution in [1.29, 1.82) is 0 Å². The topological polar surface area (TPSA) is 29.3 Å². The van der Waals surface area contributed by atoms with Gasteiger partial charge >= 0.3 is 0 Å². The third-order valence-electron chi connectivity index (χ3n) is 3.34. The van der Waals surface area contributed by atoms with E-state index in [0.29, 0.717) is 17.5 Å². The molecule has 0 aromatic heterocycles. The molecule has 102 valence electrons. The molecule has 1 rings (SSSR count). The molecule has 1 aromatic rings. The van der Waals surface area contributed by atoms with Gasteiger partial charge in [0.15, 0.2) is 0 Å². The Bertz CT molecular complexity index is 388. The molecule has 0 aliphatic rings. The molecule has 0 aliphatic heterocycles. The van der Waals surface area contributed by atoms with Crippen LogP contribution in [-0.2, 0) is 0 Å². The first-order chi connectivity index (χ1) is 8.34. The van der Waals surface area contributed by atoms with Gasteiger partial charge in [0.05, 0.1) is 0 Å². The second-order valence-electron chi connectivity index (χ2n) is 5.55. The van der Waals surface area contributed by atoms with E-state index in [0.717, 1.165) is 12.1 Å². The Hall–Kier alpha value is -1.09. The highest BCUT2D eigenvalue weighted by atomic mass is 19.1. The number of rotatable bonds is 5. The maximum absolute atomic E-state index is 13.9. The number of halogens is 1. The van der Waals surface area contributed by atoms with Gasteiger partial charge in [-0.15, -0.1) is 0 Å². The lowest BCUT2D eigenvalue weighted by molar-refractivity contribution is 0.501. The standard InChI is InChI=1S/C15H25FN2/c1-10(2)9-11(3)18(5)14-8-6-7-13(16)15(14)12(4)17/h6-8,10-12H,9,17H2,1-5H3/t11?,12-/m0/s1. The number of nitrogens with zero attached hydrogens (tertiary/aromatic N) is 1. The molecule has 2 atom stereocenters. The number of anilines is 1. The lowest BCUT2D eigenvalue weighted by Crippen LogP contribution is -2.31. The van der Waals surface area contributed by atoms with Crippen molar-refractivity contribution in [3.05, 3.63) is 29.6 Å². The number of benzene rings is 1. The average Bonchev–Trinajstić information content (AvgIpc) is 2.26. The molecule has 2 nitrogen and oxygen atoms in total. The van der Waals surface area contributed by atoms with Crippen LogP contribution >= 0.6 is 0 Å². The quantitative estimate of drug-likeness (QED) is 0.865. The van der Waals surface area contributed by atoms with Crippen molar-refractivity contribution in [2.24, 2.45) is 11.7 Å². The van der Waals surface area contributed by atoms with E-state index in [1.165, 1.54) is 6.07 Å². The fraction of sp³-hybridized carbons (Fsp3) is 0.600. The second-order valence-corrected chi connectivity index (χ2v) is 5.55.